The molecule has 0 unspecified atom stereocenters. The van der Waals surface area contributed by atoms with E-state index in [0.717, 1.165) is 43.8 Å². The van der Waals surface area contributed by atoms with Gasteiger partial charge < -0.3 is 4.90 Å². The summed E-state index contributed by atoms with van der Waals surface area (Å²) in [6, 6.07) is 2.07. The lowest BCUT2D eigenvalue weighted by atomic mass is 9.91. The molecule has 3 aromatic heterocycles. The lowest BCUT2D eigenvalue weighted by Crippen LogP contribution is -2.33. The molecule has 1 fully saturated rings. The summed E-state index contributed by atoms with van der Waals surface area (Å²) in [5, 5.41) is 6.50. The molecule has 0 bridgehead atoms. The number of piperidine rings is 1. The highest BCUT2D eigenvalue weighted by atomic mass is 32.1. The number of fused-ring (bicyclic) bond motifs is 1. The first-order chi connectivity index (χ1) is 10.8. The summed E-state index contributed by atoms with van der Waals surface area (Å²) in [5.41, 5.74) is 2.44. The molecule has 4 heterocycles. The molecule has 1 aliphatic heterocycles. The molecule has 5 nitrogen and oxygen atoms in total. The van der Waals surface area contributed by atoms with Crippen LogP contribution in [0.5, 0.6) is 0 Å². The quantitative estimate of drug-likeness (QED) is 0.744. The van der Waals surface area contributed by atoms with E-state index in [1.54, 1.807) is 17.7 Å². The van der Waals surface area contributed by atoms with E-state index < -0.39 is 0 Å². The van der Waals surface area contributed by atoms with Gasteiger partial charge in [0.2, 0.25) is 0 Å². The van der Waals surface area contributed by atoms with E-state index in [9.17, 15) is 0 Å². The molecule has 0 aromatic carbocycles. The summed E-state index contributed by atoms with van der Waals surface area (Å²) in [7, 11) is 0. The molecule has 1 aliphatic rings. The Morgan fingerprint density at radius 1 is 1.27 bits per heavy atom. The number of anilines is 1. The lowest BCUT2D eigenvalue weighted by Gasteiger charge is -2.32. The van der Waals surface area contributed by atoms with Gasteiger partial charge in [0.05, 0.1) is 16.4 Å². The van der Waals surface area contributed by atoms with Crippen LogP contribution < -0.4 is 4.90 Å². The first kappa shape index (κ1) is 13.7. The van der Waals surface area contributed by atoms with Crippen molar-refractivity contribution in [2.24, 2.45) is 0 Å². The highest BCUT2D eigenvalue weighted by Crippen LogP contribution is 2.33. The van der Waals surface area contributed by atoms with Gasteiger partial charge in [-0.15, -0.1) is 11.3 Å². The zero-order valence-electron chi connectivity index (χ0n) is 12.6. The Bertz CT molecular complexity index is 770. The minimum absolute atomic E-state index is 0.622. The summed E-state index contributed by atoms with van der Waals surface area (Å²) in [4.78, 5) is 11.3. The van der Waals surface area contributed by atoms with E-state index in [1.165, 1.54) is 10.3 Å². The predicted molar refractivity (Wildman–Crippen MR) is 89.5 cm³/mol. The maximum Gasteiger partial charge on any atom is 0.150 e. The Morgan fingerprint density at radius 2 is 2.14 bits per heavy atom. The minimum Gasteiger partial charge on any atom is -0.355 e. The monoisotopic (exact) mass is 313 g/mol. The fourth-order valence-electron chi connectivity index (χ4n) is 3.19. The van der Waals surface area contributed by atoms with Crippen LogP contribution in [0.25, 0.3) is 10.2 Å². The highest BCUT2D eigenvalue weighted by Gasteiger charge is 2.23. The van der Waals surface area contributed by atoms with Gasteiger partial charge >= 0.3 is 0 Å². The maximum absolute atomic E-state index is 4.53. The van der Waals surface area contributed by atoms with Crippen LogP contribution in [0.3, 0.4) is 0 Å². The normalized spacial score (nSPS) is 16.5. The minimum atomic E-state index is 0.622. The largest absolute Gasteiger partial charge is 0.355 e. The molecule has 0 radical (unpaired) electrons. The average Bonchev–Trinajstić information content (AvgIpc) is 3.23. The summed E-state index contributed by atoms with van der Waals surface area (Å²) in [5.74, 6) is 1.72. The number of aryl methyl sites for hydroxylation is 1. The second-order valence-corrected chi connectivity index (χ2v) is 6.64. The van der Waals surface area contributed by atoms with Crippen LogP contribution in [-0.2, 0) is 6.54 Å². The van der Waals surface area contributed by atoms with Crippen LogP contribution in [0.1, 0.15) is 31.2 Å². The van der Waals surface area contributed by atoms with Gasteiger partial charge in [-0.25, -0.2) is 9.97 Å². The SMILES string of the molecule is CCn1cc(C2CCN(c3ncnc4ccsc34)CC2)cn1. The molecule has 0 saturated carbocycles. The second kappa shape index (κ2) is 5.68. The van der Waals surface area contributed by atoms with Crippen LogP contribution in [0.4, 0.5) is 5.82 Å². The summed E-state index contributed by atoms with van der Waals surface area (Å²) in [6.07, 6.45) is 8.23. The molecule has 114 valence electrons. The van der Waals surface area contributed by atoms with Gasteiger partial charge in [0.25, 0.3) is 0 Å². The number of rotatable bonds is 3. The third-order valence-electron chi connectivity index (χ3n) is 4.47. The van der Waals surface area contributed by atoms with Crippen LogP contribution in [-0.4, -0.2) is 32.8 Å². The summed E-state index contributed by atoms with van der Waals surface area (Å²) < 4.78 is 3.22. The molecule has 6 heteroatoms. The summed E-state index contributed by atoms with van der Waals surface area (Å²) >= 11 is 1.73. The maximum atomic E-state index is 4.53. The van der Waals surface area contributed by atoms with Gasteiger partial charge in [-0.2, -0.15) is 5.10 Å². The number of thiophene rings is 1. The number of nitrogens with zero attached hydrogens (tertiary/aromatic N) is 5. The van der Waals surface area contributed by atoms with Crippen LogP contribution >= 0.6 is 11.3 Å². The zero-order chi connectivity index (χ0) is 14.9. The molecule has 4 rings (SSSR count). The number of hydrogen-bond acceptors (Lipinski definition) is 5. The molecule has 0 amide bonds. The van der Waals surface area contributed by atoms with E-state index in [4.69, 9.17) is 0 Å². The van der Waals surface area contributed by atoms with Crippen LogP contribution in [0.15, 0.2) is 30.2 Å². The van der Waals surface area contributed by atoms with Crippen LogP contribution in [0, 0.1) is 0 Å². The fraction of sp³-hybridized carbons (Fsp3) is 0.438. The van der Waals surface area contributed by atoms with Crippen LogP contribution in [0.2, 0.25) is 0 Å². The topological polar surface area (TPSA) is 46.8 Å². The van der Waals surface area contributed by atoms with Gasteiger partial charge in [0.15, 0.2) is 0 Å². The van der Waals surface area contributed by atoms with Gasteiger partial charge in [0, 0.05) is 25.8 Å². The molecular formula is C16H19N5S. The first-order valence-corrected chi connectivity index (χ1v) is 8.68. The average molecular weight is 313 g/mol. The Hall–Kier alpha value is -1.95. The predicted octanol–water partition coefficient (Wildman–Crippen LogP) is 3.29. The third-order valence-corrected chi connectivity index (χ3v) is 5.37. The third kappa shape index (κ3) is 2.37. The standard InChI is InChI=1S/C16H19N5S/c1-2-21-10-13(9-19-21)12-3-6-20(7-4-12)16-15-14(5-8-22-15)17-11-18-16/h5,8-12H,2-4,6-7H2,1H3. The van der Waals surface area contributed by atoms with Crippen molar-refractivity contribution in [1.29, 1.82) is 0 Å². The van der Waals surface area contributed by atoms with E-state index in [0.29, 0.717) is 5.92 Å². The molecular weight excluding hydrogens is 294 g/mol. The molecule has 3 aromatic rings. The van der Waals surface area contributed by atoms with Gasteiger partial charge in [-0.3, -0.25) is 4.68 Å². The van der Waals surface area contributed by atoms with Crippen molar-refractivity contribution in [3.63, 3.8) is 0 Å². The molecule has 0 atom stereocenters. The van der Waals surface area contributed by atoms with Crippen molar-refractivity contribution >= 4 is 27.4 Å². The van der Waals surface area contributed by atoms with Crippen molar-refractivity contribution < 1.29 is 0 Å². The van der Waals surface area contributed by atoms with Crippen molar-refractivity contribution in [1.82, 2.24) is 19.7 Å². The van der Waals surface area contributed by atoms with Crippen molar-refractivity contribution in [3.8, 4) is 0 Å². The number of hydrogen-bond donors (Lipinski definition) is 0. The van der Waals surface area contributed by atoms with Gasteiger partial charge in [-0.1, -0.05) is 0 Å². The van der Waals surface area contributed by atoms with E-state index in [-0.39, 0.29) is 0 Å². The highest BCUT2D eigenvalue weighted by molar-refractivity contribution is 7.17. The molecule has 1 saturated heterocycles. The smallest absolute Gasteiger partial charge is 0.150 e. The Kier molecular flexibility index (Phi) is 3.54. The Labute approximate surface area is 133 Å². The van der Waals surface area contributed by atoms with Crippen molar-refractivity contribution in [2.45, 2.75) is 32.2 Å². The Balaban J connectivity index is 1.51. The summed E-state index contributed by atoms with van der Waals surface area (Å²) in [6.45, 7) is 5.16. The molecule has 0 spiro atoms. The Morgan fingerprint density at radius 3 is 2.91 bits per heavy atom. The lowest BCUT2D eigenvalue weighted by molar-refractivity contribution is 0.503. The van der Waals surface area contributed by atoms with Crippen molar-refractivity contribution in [2.75, 3.05) is 18.0 Å². The fourth-order valence-corrected chi connectivity index (χ4v) is 4.05. The first-order valence-electron chi connectivity index (χ1n) is 7.80. The van der Waals surface area contributed by atoms with Gasteiger partial charge in [0.1, 0.15) is 12.1 Å². The number of aromatic nitrogens is 4. The van der Waals surface area contributed by atoms with E-state index in [1.807, 2.05) is 10.9 Å². The molecule has 22 heavy (non-hydrogen) atoms. The molecule has 0 aliphatic carbocycles. The van der Waals surface area contributed by atoms with E-state index >= 15 is 0 Å². The van der Waals surface area contributed by atoms with Gasteiger partial charge in [-0.05, 0) is 42.7 Å². The van der Waals surface area contributed by atoms with E-state index in [2.05, 4.69) is 44.5 Å². The van der Waals surface area contributed by atoms with Crippen molar-refractivity contribution in [3.05, 3.63) is 35.7 Å². The molecule has 0 N–H and O–H groups in total. The zero-order valence-corrected chi connectivity index (χ0v) is 13.5. The second-order valence-electron chi connectivity index (χ2n) is 5.72.